The number of carbonyl (C=O) groups is 1. The van der Waals surface area contributed by atoms with Crippen molar-refractivity contribution in [3.63, 3.8) is 0 Å². The van der Waals surface area contributed by atoms with Gasteiger partial charge in [0.25, 0.3) is 5.91 Å². The molecule has 1 heterocycles. The molecule has 1 atom stereocenters. The Bertz CT molecular complexity index is 936. The van der Waals surface area contributed by atoms with Gasteiger partial charge < -0.3 is 10.1 Å². The minimum Gasteiger partial charge on any atom is -0.453 e. The van der Waals surface area contributed by atoms with E-state index in [1.807, 2.05) is 81.6 Å². The topological polar surface area (TPSA) is 51.2 Å². The largest absolute Gasteiger partial charge is 0.453 e. The first kappa shape index (κ1) is 19.2. The van der Waals surface area contributed by atoms with E-state index in [1.165, 1.54) is 11.8 Å². The van der Waals surface area contributed by atoms with Crippen LogP contribution in [0.4, 0.5) is 0 Å². The lowest BCUT2D eigenvalue weighted by Gasteiger charge is -2.25. The summed E-state index contributed by atoms with van der Waals surface area (Å²) in [6, 6.07) is 19.9. The maximum absolute atomic E-state index is 12.6. The highest BCUT2D eigenvalue weighted by molar-refractivity contribution is 7.99. The van der Waals surface area contributed by atoms with E-state index >= 15 is 0 Å². The van der Waals surface area contributed by atoms with Crippen molar-refractivity contribution >= 4 is 28.6 Å². The first-order valence-electron chi connectivity index (χ1n) is 8.84. The standard InChI is InChI=1S/C22H24N2O2S/c1-22(2,3)24-19(25)21(27-4)26-20-17(15-10-6-5-7-11-15)14-16-12-8-9-13-18(16)23-20/h5-14,21H,1-4H3,(H,24,25). The van der Waals surface area contributed by atoms with Crippen molar-refractivity contribution in [1.29, 1.82) is 0 Å². The molecule has 0 bridgehead atoms. The first-order valence-corrected chi connectivity index (χ1v) is 10.1. The molecule has 3 rings (SSSR count). The molecule has 4 nitrogen and oxygen atoms in total. The first-order chi connectivity index (χ1) is 12.9. The second kappa shape index (κ2) is 8.01. The van der Waals surface area contributed by atoms with Crippen LogP contribution in [0.15, 0.2) is 60.7 Å². The van der Waals surface area contributed by atoms with Gasteiger partial charge >= 0.3 is 0 Å². The SMILES string of the molecule is CSC(Oc1nc2ccccc2cc1-c1ccccc1)C(=O)NC(C)(C)C. The summed E-state index contributed by atoms with van der Waals surface area (Å²) in [6.45, 7) is 5.85. The Hall–Kier alpha value is -2.53. The highest BCUT2D eigenvalue weighted by Crippen LogP contribution is 2.33. The molecular formula is C22H24N2O2S. The number of para-hydroxylation sites is 1. The van der Waals surface area contributed by atoms with Crippen molar-refractivity contribution in [3.05, 3.63) is 60.7 Å². The van der Waals surface area contributed by atoms with E-state index in [1.54, 1.807) is 0 Å². The molecule has 0 aliphatic carbocycles. The summed E-state index contributed by atoms with van der Waals surface area (Å²) in [5.74, 6) is 0.298. The lowest BCUT2D eigenvalue weighted by molar-refractivity contribution is -0.125. The quantitative estimate of drug-likeness (QED) is 0.641. The predicted molar refractivity (Wildman–Crippen MR) is 113 cm³/mol. The van der Waals surface area contributed by atoms with Crippen molar-refractivity contribution in [2.45, 2.75) is 31.7 Å². The maximum atomic E-state index is 12.6. The van der Waals surface area contributed by atoms with Gasteiger partial charge in [0.2, 0.25) is 11.3 Å². The minimum absolute atomic E-state index is 0.163. The molecule has 2 aromatic carbocycles. The molecule has 0 fully saturated rings. The van der Waals surface area contributed by atoms with E-state index in [9.17, 15) is 4.79 Å². The Morgan fingerprint density at radius 1 is 1.07 bits per heavy atom. The van der Waals surface area contributed by atoms with Crippen LogP contribution in [-0.2, 0) is 4.79 Å². The smallest absolute Gasteiger partial charge is 0.272 e. The number of hydrogen-bond donors (Lipinski definition) is 1. The summed E-state index contributed by atoms with van der Waals surface area (Å²) in [5, 5.41) is 4.01. The predicted octanol–water partition coefficient (Wildman–Crippen LogP) is 4.88. The summed E-state index contributed by atoms with van der Waals surface area (Å²) < 4.78 is 6.10. The van der Waals surface area contributed by atoms with E-state index in [-0.39, 0.29) is 11.4 Å². The van der Waals surface area contributed by atoms with Gasteiger partial charge in [-0.1, -0.05) is 48.5 Å². The molecule has 0 aliphatic rings. The van der Waals surface area contributed by atoms with Gasteiger partial charge in [0, 0.05) is 16.5 Å². The highest BCUT2D eigenvalue weighted by Gasteiger charge is 2.25. The second-order valence-corrected chi connectivity index (χ2v) is 8.22. The summed E-state index contributed by atoms with van der Waals surface area (Å²) in [5.41, 5.74) is 1.70. The van der Waals surface area contributed by atoms with Crippen molar-refractivity contribution in [3.8, 4) is 17.0 Å². The number of fused-ring (bicyclic) bond motifs is 1. The molecule has 0 saturated heterocycles. The maximum Gasteiger partial charge on any atom is 0.272 e. The van der Waals surface area contributed by atoms with Crippen LogP contribution in [0, 0.1) is 0 Å². The zero-order valence-corrected chi connectivity index (χ0v) is 16.8. The highest BCUT2D eigenvalue weighted by atomic mass is 32.2. The number of ether oxygens (including phenoxy) is 1. The number of carbonyl (C=O) groups excluding carboxylic acids is 1. The fraction of sp³-hybridized carbons (Fsp3) is 0.273. The molecule has 5 heteroatoms. The Kier molecular flexibility index (Phi) is 5.71. The number of amides is 1. The second-order valence-electron chi connectivity index (χ2n) is 7.32. The van der Waals surface area contributed by atoms with E-state index in [2.05, 4.69) is 11.4 Å². The molecule has 0 radical (unpaired) electrons. The van der Waals surface area contributed by atoms with Gasteiger partial charge in [-0.2, -0.15) is 0 Å². The van der Waals surface area contributed by atoms with Crippen molar-refractivity contribution in [2.75, 3.05) is 6.26 Å². The molecule has 1 amide bonds. The minimum atomic E-state index is -0.680. The molecule has 0 aliphatic heterocycles. The van der Waals surface area contributed by atoms with Crippen LogP contribution in [0.5, 0.6) is 5.88 Å². The fourth-order valence-electron chi connectivity index (χ4n) is 2.75. The van der Waals surface area contributed by atoms with Gasteiger partial charge in [-0.3, -0.25) is 4.79 Å². The molecule has 1 N–H and O–H groups in total. The number of rotatable bonds is 5. The number of aromatic nitrogens is 1. The monoisotopic (exact) mass is 380 g/mol. The van der Waals surface area contributed by atoms with Gasteiger partial charge in [-0.25, -0.2) is 4.98 Å². The van der Waals surface area contributed by atoms with Crippen molar-refractivity contribution in [1.82, 2.24) is 10.3 Å². The van der Waals surface area contributed by atoms with Crippen LogP contribution in [0.25, 0.3) is 22.0 Å². The van der Waals surface area contributed by atoms with Gasteiger partial charge in [0.15, 0.2) is 0 Å². The van der Waals surface area contributed by atoms with E-state index in [0.717, 1.165) is 22.0 Å². The summed E-state index contributed by atoms with van der Waals surface area (Å²) in [6.07, 6.45) is 1.86. The van der Waals surface area contributed by atoms with Crippen LogP contribution < -0.4 is 10.1 Å². The number of thioether (sulfide) groups is 1. The Labute approximate surface area is 164 Å². The lowest BCUT2D eigenvalue weighted by atomic mass is 10.0. The van der Waals surface area contributed by atoms with Gasteiger partial charge in [-0.15, -0.1) is 11.8 Å². The number of nitrogens with one attached hydrogen (secondary N) is 1. The zero-order valence-electron chi connectivity index (χ0n) is 16.0. The number of benzene rings is 2. The van der Waals surface area contributed by atoms with Gasteiger partial charge in [0.05, 0.1) is 5.52 Å². The van der Waals surface area contributed by atoms with Crippen LogP contribution in [-0.4, -0.2) is 28.1 Å². The number of pyridine rings is 1. The average molecular weight is 381 g/mol. The molecule has 1 aromatic heterocycles. The normalized spacial score (nSPS) is 12.6. The Morgan fingerprint density at radius 3 is 2.41 bits per heavy atom. The zero-order chi connectivity index (χ0) is 19.4. The molecule has 140 valence electrons. The molecule has 0 saturated carbocycles. The third-order valence-corrected chi connectivity index (χ3v) is 4.66. The molecule has 27 heavy (non-hydrogen) atoms. The summed E-state index contributed by atoms with van der Waals surface area (Å²) in [4.78, 5) is 17.3. The Balaban J connectivity index is 2.02. The molecule has 1 unspecified atom stereocenters. The average Bonchev–Trinajstić information content (AvgIpc) is 2.64. The van der Waals surface area contributed by atoms with Crippen LogP contribution in [0.2, 0.25) is 0 Å². The molecule has 0 spiro atoms. The number of hydrogen-bond acceptors (Lipinski definition) is 4. The van der Waals surface area contributed by atoms with E-state index < -0.39 is 5.44 Å². The molecular weight excluding hydrogens is 356 g/mol. The fourth-order valence-corrected chi connectivity index (χ4v) is 3.21. The van der Waals surface area contributed by atoms with Crippen LogP contribution in [0.1, 0.15) is 20.8 Å². The van der Waals surface area contributed by atoms with Gasteiger partial charge in [-0.05, 0) is 44.7 Å². The van der Waals surface area contributed by atoms with Gasteiger partial charge in [0.1, 0.15) is 0 Å². The Morgan fingerprint density at radius 2 is 1.74 bits per heavy atom. The van der Waals surface area contributed by atoms with Crippen LogP contribution in [0.3, 0.4) is 0 Å². The van der Waals surface area contributed by atoms with E-state index in [4.69, 9.17) is 9.72 Å². The summed E-state index contributed by atoms with van der Waals surface area (Å²) in [7, 11) is 0. The van der Waals surface area contributed by atoms with Crippen molar-refractivity contribution < 1.29 is 9.53 Å². The summed E-state index contributed by atoms with van der Waals surface area (Å²) >= 11 is 1.35. The van der Waals surface area contributed by atoms with Crippen LogP contribution >= 0.6 is 11.8 Å². The molecule has 3 aromatic rings. The lowest BCUT2D eigenvalue weighted by Crippen LogP contribution is -2.46. The third-order valence-electron chi connectivity index (χ3n) is 3.92. The van der Waals surface area contributed by atoms with Crippen molar-refractivity contribution in [2.24, 2.45) is 0 Å². The third kappa shape index (κ3) is 4.80. The number of nitrogens with zero attached hydrogens (tertiary/aromatic N) is 1. The van der Waals surface area contributed by atoms with E-state index in [0.29, 0.717) is 5.88 Å².